The van der Waals surface area contributed by atoms with E-state index in [-0.39, 0.29) is 23.0 Å². The van der Waals surface area contributed by atoms with Gasteiger partial charge in [0.05, 0.1) is 22.0 Å². The van der Waals surface area contributed by atoms with Crippen LogP contribution >= 0.6 is 11.3 Å². The molecule has 0 aliphatic carbocycles. The average molecular weight is 476 g/mol. The molecule has 1 heterocycles. The first-order valence-corrected chi connectivity index (χ1v) is 13.0. The Morgan fingerprint density at radius 2 is 1.81 bits per heavy atom. The van der Waals surface area contributed by atoms with Crippen LogP contribution in [0.25, 0.3) is 10.2 Å². The Kier molecular flexibility index (Phi) is 8.22. The monoisotopic (exact) mass is 475 g/mol. The number of benzene rings is 2. The highest BCUT2D eigenvalue weighted by molar-refractivity contribution is 7.91. The van der Waals surface area contributed by atoms with Gasteiger partial charge in [-0.2, -0.15) is 0 Å². The SMILES string of the molecule is CCOc1cccc2sc(N(CCCN(C)C)C(=O)CCS(=O)(=O)c3ccccc3)nc12. The molecule has 0 saturated carbocycles. The van der Waals surface area contributed by atoms with Crippen LogP contribution in [0.1, 0.15) is 19.8 Å². The number of aromatic nitrogens is 1. The van der Waals surface area contributed by atoms with Gasteiger partial charge < -0.3 is 9.64 Å². The van der Waals surface area contributed by atoms with Crippen molar-refractivity contribution in [1.29, 1.82) is 0 Å². The molecular formula is C23H29N3O4S2. The summed E-state index contributed by atoms with van der Waals surface area (Å²) in [5.41, 5.74) is 0.719. The van der Waals surface area contributed by atoms with Gasteiger partial charge in [-0.3, -0.25) is 9.69 Å². The number of para-hydroxylation sites is 1. The topological polar surface area (TPSA) is 79.8 Å². The maximum absolute atomic E-state index is 13.2. The molecule has 172 valence electrons. The minimum absolute atomic E-state index is 0.104. The molecule has 0 N–H and O–H groups in total. The lowest BCUT2D eigenvalue weighted by atomic mass is 10.3. The van der Waals surface area contributed by atoms with Crippen LogP contribution in [0, 0.1) is 0 Å². The van der Waals surface area contributed by atoms with Crippen molar-refractivity contribution >= 4 is 42.4 Å². The lowest BCUT2D eigenvalue weighted by molar-refractivity contribution is -0.118. The quantitative estimate of drug-likeness (QED) is 0.419. The first-order chi connectivity index (χ1) is 15.3. The van der Waals surface area contributed by atoms with Crippen molar-refractivity contribution in [2.45, 2.75) is 24.7 Å². The van der Waals surface area contributed by atoms with Gasteiger partial charge in [0.2, 0.25) is 5.91 Å². The van der Waals surface area contributed by atoms with Crippen LogP contribution in [-0.2, 0) is 14.6 Å². The zero-order chi connectivity index (χ0) is 23.1. The number of fused-ring (bicyclic) bond motifs is 1. The minimum atomic E-state index is -3.54. The third-order valence-corrected chi connectivity index (χ3v) is 7.65. The van der Waals surface area contributed by atoms with Crippen LogP contribution in [0.5, 0.6) is 5.75 Å². The summed E-state index contributed by atoms with van der Waals surface area (Å²) < 4.78 is 31.9. The van der Waals surface area contributed by atoms with Gasteiger partial charge in [-0.1, -0.05) is 35.6 Å². The summed E-state index contributed by atoms with van der Waals surface area (Å²) in [7, 11) is 0.417. The normalized spacial score (nSPS) is 11.8. The number of amides is 1. The smallest absolute Gasteiger partial charge is 0.229 e. The highest BCUT2D eigenvalue weighted by Gasteiger charge is 2.23. The van der Waals surface area contributed by atoms with Gasteiger partial charge in [-0.25, -0.2) is 13.4 Å². The molecule has 1 aromatic heterocycles. The van der Waals surface area contributed by atoms with Gasteiger partial charge in [0.25, 0.3) is 0 Å². The number of rotatable bonds is 11. The average Bonchev–Trinajstić information content (AvgIpc) is 3.21. The van der Waals surface area contributed by atoms with E-state index in [4.69, 9.17) is 4.74 Å². The maximum atomic E-state index is 13.2. The molecule has 9 heteroatoms. The summed E-state index contributed by atoms with van der Waals surface area (Å²) in [5, 5.41) is 0.563. The Morgan fingerprint density at radius 1 is 1.06 bits per heavy atom. The number of hydrogen-bond acceptors (Lipinski definition) is 7. The molecule has 0 aliphatic rings. The van der Waals surface area contributed by atoms with Crippen LogP contribution in [-0.4, -0.2) is 63.8 Å². The lowest BCUT2D eigenvalue weighted by Gasteiger charge is -2.21. The second kappa shape index (κ2) is 10.9. The summed E-state index contributed by atoms with van der Waals surface area (Å²) in [6.07, 6.45) is 0.645. The van der Waals surface area contributed by atoms with E-state index in [1.54, 1.807) is 35.2 Å². The van der Waals surface area contributed by atoms with E-state index in [2.05, 4.69) is 4.98 Å². The van der Waals surface area contributed by atoms with Gasteiger partial charge in [-0.05, 0) is 58.3 Å². The molecule has 0 atom stereocenters. The van der Waals surface area contributed by atoms with Gasteiger partial charge in [0.1, 0.15) is 11.3 Å². The minimum Gasteiger partial charge on any atom is -0.492 e. The Bertz CT molecular complexity index is 1140. The fraction of sp³-hybridized carbons (Fsp3) is 0.391. The zero-order valence-corrected chi connectivity index (χ0v) is 20.3. The zero-order valence-electron chi connectivity index (χ0n) is 18.7. The number of hydrogen-bond donors (Lipinski definition) is 0. The molecule has 32 heavy (non-hydrogen) atoms. The van der Waals surface area contributed by atoms with Crippen molar-refractivity contribution in [2.24, 2.45) is 0 Å². The second-order valence-corrected chi connectivity index (χ2v) is 10.7. The van der Waals surface area contributed by atoms with Crippen molar-refractivity contribution < 1.29 is 17.9 Å². The van der Waals surface area contributed by atoms with Crippen molar-refractivity contribution in [3.8, 4) is 5.75 Å². The number of thiazole rings is 1. The molecule has 2 aromatic carbocycles. The van der Waals surface area contributed by atoms with E-state index in [9.17, 15) is 13.2 Å². The van der Waals surface area contributed by atoms with Gasteiger partial charge in [0, 0.05) is 13.0 Å². The number of ether oxygens (including phenoxy) is 1. The van der Waals surface area contributed by atoms with Crippen LogP contribution in [0.15, 0.2) is 53.4 Å². The van der Waals surface area contributed by atoms with E-state index in [1.807, 2.05) is 44.1 Å². The fourth-order valence-corrected chi connectivity index (χ4v) is 5.55. The standard InChI is InChI=1S/C23H29N3O4S2/c1-4-30-19-12-8-13-20-22(19)24-23(31-20)26(16-9-15-25(2)3)21(27)14-17-32(28,29)18-10-6-5-7-11-18/h5-8,10-13H,4,9,14-17H2,1-3H3. The molecular weight excluding hydrogens is 446 g/mol. The molecule has 0 aliphatic heterocycles. The Labute approximate surface area is 193 Å². The van der Waals surface area contributed by atoms with E-state index in [1.165, 1.54) is 11.3 Å². The molecule has 0 bridgehead atoms. The van der Waals surface area contributed by atoms with E-state index < -0.39 is 9.84 Å². The highest BCUT2D eigenvalue weighted by Crippen LogP contribution is 2.34. The number of sulfone groups is 1. The molecule has 0 unspecified atom stereocenters. The van der Waals surface area contributed by atoms with E-state index >= 15 is 0 Å². The van der Waals surface area contributed by atoms with E-state index in [0.29, 0.717) is 24.0 Å². The maximum Gasteiger partial charge on any atom is 0.229 e. The predicted octanol–water partition coefficient (Wildman–Crippen LogP) is 3.84. The van der Waals surface area contributed by atoms with Gasteiger partial charge >= 0.3 is 0 Å². The summed E-state index contributed by atoms with van der Waals surface area (Å²) in [5.74, 6) is 0.190. The molecule has 1 amide bonds. The Hall–Kier alpha value is -2.49. The Balaban J connectivity index is 1.83. The van der Waals surface area contributed by atoms with Crippen LogP contribution in [0.3, 0.4) is 0 Å². The van der Waals surface area contributed by atoms with Crippen molar-refractivity contribution in [3.63, 3.8) is 0 Å². The first kappa shape index (κ1) is 24.2. The number of nitrogens with zero attached hydrogens (tertiary/aromatic N) is 3. The van der Waals surface area contributed by atoms with Gasteiger partial charge in [-0.15, -0.1) is 0 Å². The third-order valence-electron chi connectivity index (χ3n) is 4.88. The lowest BCUT2D eigenvalue weighted by Crippen LogP contribution is -2.34. The van der Waals surface area contributed by atoms with Crippen molar-refractivity contribution in [3.05, 3.63) is 48.5 Å². The van der Waals surface area contributed by atoms with Crippen LogP contribution in [0.4, 0.5) is 5.13 Å². The van der Waals surface area contributed by atoms with Crippen molar-refractivity contribution in [2.75, 3.05) is 44.4 Å². The first-order valence-electron chi connectivity index (χ1n) is 10.6. The highest BCUT2D eigenvalue weighted by atomic mass is 32.2. The third kappa shape index (κ3) is 6.05. The number of carbonyl (C=O) groups is 1. The second-order valence-electron chi connectivity index (χ2n) is 7.62. The molecule has 0 saturated heterocycles. The largest absolute Gasteiger partial charge is 0.492 e. The van der Waals surface area contributed by atoms with Crippen LogP contribution in [0.2, 0.25) is 0 Å². The molecule has 0 radical (unpaired) electrons. The van der Waals surface area contributed by atoms with Crippen LogP contribution < -0.4 is 9.64 Å². The molecule has 0 fully saturated rings. The molecule has 7 nitrogen and oxygen atoms in total. The summed E-state index contributed by atoms with van der Waals surface area (Å²) in [4.78, 5) is 21.8. The number of anilines is 1. The molecule has 3 rings (SSSR count). The van der Waals surface area contributed by atoms with Gasteiger partial charge in [0.15, 0.2) is 15.0 Å². The summed E-state index contributed by atoms with van der Waals surface area (Å²) in [6, 6.07) is 13.9. The number of carbonyl (C=O) groups excluding carboxylic acids is 1. The summed E-state index contributed by atoms with van der Waals surface area (Å²) >= 11 is 1.41. The predicted molar refractivity (Wildman–Crippen MR) is 129 cm³/mol. The van der Waals surface area contributed by atoms with E-state index in [0.717, 1.165) is 23.2 Å². The molecule has 0 spiro atoms. The fourth-order valence-electron chi connectivity index (χ4n) is 3.27. The summed E-state index contributed by atoms with van der Waals surface area (Å²) in [6.45, 7) is 3.71. The van der Waals surface area contributed by atoms with Crippen molar-refractivity contribution in [1.82, 2.24) is 9.88 Å². The molecule has 3 aromatic rings. The Morgan fingerprint density at radius 3 is 2.50 bits per heavy atom.